The van der Waals surface area contributed by atoms with E-state index in [9.17, 15) is 18.0 Å². The topological polar surface area (TPSA) is 43.1 Å². The van der Waals surface area contributed by atoms with E-state index in [0.29, 0.717) is 0 Å². The first-order valence-corrected chi connectivity index (χ1v) is 4.47. The zero-order chi connectivity index (χ0) is 11.4. The molecule has 0 radical (unpaired) electrons. The number of carbonyl (C=O) groups excluding carboxylic acids is 1. The van der Waals surface area contributed by atoms with Crippen molar-refractivity contribution in [3.63, 3.8) is 0 Å². The number of hydrogen-bond acceptors (Lipinski definition) is 2. The molecule has 0 fully saturated rings. The molecule has 0 heterocycles. The SMILES string of the molecule is CC(C)(N)CC(=O)CCCC(F)(F)F. The summed E-state index contributed by atoms with van der Waals surface area (Å²) < 4.78 is 35.1. The van der Waals surface area contributed by atoms with Gasteiger partial charge in [-0.05, 0) is 20.3 Å². The average molecular weight is 211 g/mol. The first kappa shape index (κ1) is 13.4. The normalized spacial score (nSPS) is 13.0. The Labute approximate surface area is 81.7 Å². The molecule has 0 aromatic carbocycles. The van der Waals surface area contributed by atoms with Crippen LogP contribution < -0.4 is 5.73 Å². The summed E-state index contributed by atoms with van der Waals surface area (Å²) in [4.78, 5) is 11.1. The molecule has 0 aromatic rings. The number of Topliss-reactive ketones (excluding diaryl/α,β-unsaturated/α-hetero) is 1. The van der Waals surface area contributed by atoms with Crippen molar-refractivity contribution in [1.29, 1.82) is 0 Å². The zero-order valence-corrected chi connectivity index (χ0v) is 8.45. The van der Waals surface area contributed by atoms with Crippen LogP contribution in [0.15, 0.2) is 0 Å². The van der Waals surface area contributed by atoms with Gasteiger partial charge in [0.1, 0.15) is 5.78 Å². The second kappa shape index (κ2) is 4.77. The molecule has 14 heavy (non-hydrogen) atoms. The second-order valence-corrected chi connectivity index (χ2v) is 4.17. The summed E-state index contributed by atoms with van der Waals surface area (Å²) in [7, 11) is 0. The van der Waals surface area contributed by atoms with Crippen LogP contribution in [0.4, 0.5) is 13.2 Å². The third-order valence-corrected chi connectivity index (χ3v) is 1.57. The predicted octanol–water partition coefficient (Wildman–Crippen LogP) is 2.42. The van der Waals surface area contributed by atoms with Crippen molar-refractivity contribution in [2.24, 2.45) is 5.73 Å². The highest BCUT2D eigenvalue weighted by Gasteiger charge is 2.27. The van der Waals surface area contributed by atoms with Crippen molar-refractivity contribution < 1.29 is 18.0 Å². The fraction of sp³-hybridized carbons (Fsp3) is 0.889. The molecule has 0 amide bonds. The maximum absolute atomic E-state index is 11.7. The van der Waals surface area contributed by atoms with E-state index in [-0.39, 0.29) is 25.0 Å². The number of halogens is 3. The molecule has 0 atom stereocenters. The van der Waals surface area contributed by atoms with Crippen LogP contribution in [-0.2, 0) is 4.79 Å². The minimum absolute atomic E-state index is 0.0415. The molecule has 0 saturated carbocycles. The van der Waals surface area contributed by atoms with E-state index in [1.54, 1.807) is 13.8 Å². The molecule has 0 saturated heterocycles. The molecule has 0 unspecified atom stereocenters. The summed E-state index contributed by atoms with van der Waals surface area (Å²) in [5, 5.41) is 0. The van der Waals surface area contributed by atoms with Gasteiger partial charge >= 0.3 is 6.18 Å². The Morgan fingerprint density at radius 2 is 1.79 bits per heavy atom. The van der Waals surface area contributed by atoms with Gasteiger partial charge in [-0.2, -0.15) is 13.2 Å². The fourth-order valence-corrected chi connectivity index (χ4v) is 1.08. The molecular formula is C9H16F3NO. The van der Waals surface area contributed by atoms with Crippen molar-refractivity contribution in [1.82, 2.24) is 0 Å². The van der Waals surface area contributed by atoms with Crippen LogP contribution in [0.5, 0.6) is 0 Å². The highest BCUT2D eigenvalue weighted by molar-refractivity contribution is 5.79. The average Bonchev–Trinajstić information content (AvgIpc) is 1.78. The Kier molecular flexibility index (Phi) is 4.58. The van der Waals surface area contributed by atoms with Crippen molar-refractivity contribution >= 4 is 5.78 Å². The molecule has 0 aromatic heterocycles. The number of alkyl halides is 3. The van der Waals surface area contributed by atoms with E-state index in [1.807, 2.05) is 0 Å². The van der Waals surface area contributed by atoms with Gasteiger partial charge in [-0.15, -0.1) is 0 Å². The summed E-state index contributed by atoms with van der Waals surface area (Å²) in [6.07, 6.45) is -5.12. The Hall–Kier alpha value is -0.580. The summed E-state index contributed by atoms with van der Waals surface area (Å²) >= 11 is 0. The Morgan fingerprint density at radius 3 is 2.14 bits per heavy atom. The Morgan fingerprint density at radius 1 is 1.29 bits per heavy atom. The van der Waals surface area contributed by atoms with Gasteiger partial charge in [0.25, 0.3) is 0 Å². The van der Waals surface area contributed by atoms with E-state index in [4.69, 9.17) is 5.73 Å². The third-order valence-electron chi connectivity index (χ3n) is 1.57. The molecule has 0 aliphatic heterocycles. The van der Waals surface area contributed by atoms with E-state index in [2.05, 4.69) is 0 Å². The summed E-state index contributed by atoms with van der Waals surface area (Å²) in [6, 6.07) is 0. The minimum Gasteiger partial charge on any atom is -0.325 e. The molecule has 2 N–H and O–H groups in total. The van der Waals surface area contributed by atoms with Crippen LogP contribution in [-0.4, -0.2) is 17.5 Å². The third kappa shape index (κ3) is 9.51. The standard InChI is InChI=1S/C9H16F3NO/c1-8(2,13)6-7(14)4-3-5-9(10,11)12/h3-6,13H2,1-2H3. The van der Waals surface area contributed by atoms with Crippen LogP contribution in [0.1, 0.15) is 39.5 Å². The lowest BCUT2D eigenvalue weighted by Crippen LogP contribution is -2.34. The smallest absolute Gasteiger partial charge is 0.325 e. The van der Waals surface area contributed by atoms with Crippen molar-refractivity contribution in [2.45, 2.75) is 51.2 Å². The fourth-order valence-electron chi connectivity index (χ4n) is 1.08. The minimum atomic E-state index is -4.17. The van der Waals surface area contributed by atoms with Crippen LogP contribution in [0.3, 0.4) is 0 Å². The van der Waals surface area contributed by atoms with Gasteiger partial charge in [-0.1, -0.05) is 0 Å². The largest absolute Gasteiger partial charge is 0.389 e. The quantitative estimate of drug-likeness (QED) is 0.758. The number of rotatable bonds is 5. The van der Waals surface area contributed by atoms with Crippen molar-refractivity contribution in [3.05, 3.63) is 0 Å². The lowest BCUT2D eigenvalue weighted by atomic mass is 9.97. The van der Waals surface area contributed by atoms with Crippen LogP contribution in [0.2, 0.25) is 0 Å². The van der Waals surface area contributed by atoms with Gasteiger partial charge in [0, 0.05) is 24.8 Å². The molecule has 0 bridgehead atoms. The second-order valence-electron chi connectivity index (χ2n) is 4.17. The predicted molar refractivity (Wildman–Crippen MR) is 47.8 cm³/mol. The van der Waals surface area contributed by atoms with Crippen LogP contribution in [0, 0.1) is 0 Å². The summed E-state index contributed by atoms with van der Waals surface area (Å²) in [5.41, 5.74) is 4.92. The molecule has 2 nitrogen and oxygen atoms in total. The lowest BCUT2D eigenvalue weighted by molar-refractivity contribution is -0.137. The number of carbonyl (C=O) groups is 1. The molecule has 0 rings (SSSR count). The molecule has 0 spiro atoms. The molecule has 5 heteroatoms. The van der Waals surface area contributed by atoms with E-state index in [1.165, 1.54) is 0 Å². The summed E-state index contributed by atoms with van der Waals surface area (Å²) in [6.45, 7) is 3.35. The Bertz CT molecular complexity index is 193. The number of ketones is 1. The molecule has 0 aliphatic rings. The highest BCUT2D eigenvalue weighted by atomic mass is 19.4. The molecular weight excluding hydrogens is 195 g/mol. The van der Waals surface area contributed by atoms with Gasteiger partial charge in [-0.25, -0.2) is 0 Å². The maximum atomic E-state index is 11.7. The van der Waals surface area contributed by atoms with Gasteiger partial charge in [0.15, 0.2) is 0 Å². The molecule has 0 aliphatic carbocycles. The van der Waals surface area contributed by atoms with Crippen molar-refractivity contribution in [2.75, 3.05) is 0 Å². The maximum Gasteiger partial charge on any atom is 0.389 e. The van der Waals surface area contributed by atoms with E-state index < -0.39 is 18.1 Å². The number of nitrogens with two attached hydrogens (primary N) is 1. The summed E-state index contributed by atoms with van der Waals surface area (Å²) in [5.74, 6) is -0.207. The zero-order valence-electron chi connectivity index (χ0n) is 8.45. The van der Waals surface area contributed by atoms with Gasteiger partial charge in [0.2, 0.25) is 0 Å². The first-order chi connectivity index (χ1) is 6.10. The van der Waals surface area contributed by atoms with Crippen LogP contribution in [0.25, 0.3) is 0 Å². The number of hydrogen-bond donors (Lipinski definition) is 1. The van der Waals surface area contributed by atoms with Gasteiger partial charge in [0.05, 0.1) is 0 Å². The van der Waals surface area contributed by atoms with Gasteiger partial charge < -0.3 is 5.73 Å². The lowest BCUT2D eigenvalue weighted by Gasteiger charge is -2.16. The van der Waals surface area contributed by atoms with Crippen LogP contribution >= 0.6 is 0 Å². The highest BCUT2D eigenvalue weighted by Crippen LogP contribution is 2.22. The first-order valence-electron chi connectivity index (χ1n) is 4.47. The van der Waals surface area contributed by atoms with Gasteiger partial charge in [-0.3, -0.25) is 4.79 Å². The van der Waals surface area contributed by atoms with Crippen molar-refractivity contribution in [3.8, 4) is 0 Å². The van der Waals surface area contributed by atoms with E-state index >= 15 is 0 Å². The molecule has 84 valence electrons. The Balaban J connectivity index is 3.66. The monoisotopic (exact) mass is 211 g/mol. The van der Waals surface area contributed by atoms with E-state index in [0.717, 1.165) is 0 Å².